The van der Waals surface area contributed by atoms with Crippen molar-refractivity contribution in [2.45, 2.75) is 26.7 Å². The fourth-order valence-corrected chi connectivity index (χ4v) is 4.07. The van der Waals surface area contributed by atoms with Crippen LogP contribution >= 0.6 is 0 Å². The van der Waals surface area contributed by atoms with Gasteiger partial charge in [-0.25, -0.2) is 4.98 Å². The van der Waals surface area contributed by atoms with Crippen molar-refractivity contribution in [3.8, 4) is 11.4 Å². The van der Waals surface area contributed by atoms with Crippen LogP contribution in [0.15, 0.2) is 48.5 Å². The molecule has 25 heavy (non-hydrogen) atoms. The second-order valence-corrected chi connectivity index (χ2v) is 6.97. The van der Waals surface area contributed by atoms with Crippen molar-refractivity contribution < 1.29 is 4.73 Å². The van der Waals surface area contributed by atoms with Gasteiger partial charge >= 0.3 is 0 Å². The minimum absolute atomic E-state index is 0.730. The Balaban J connectivity index is 1.91. The molecule has 2 aromatic heterocycles. The topological polar surface area (TPSA) is 39.8 Å². The lowest BCUT2D eigenvalue weighted by Gasteiger charge is -2.20. The summed E-state index contributed by atoms with van der Waals surface area (Å²) >= 11 is 0. The fraction of sp³-hybridized carbons (Fsp3) is 0.182. The van der Waals surface area contributed by atoms with Gasteiger partial charge in [-0.15, -0.1) is 0 Å². The van der Waals surface area contributed by atoms with Crippen molar-refractivity contribution in [2.24, 2.45) is 0 Å². The summed E-state index contributed by atoms with van der Waals surface area (Å²) in [6, 6.07) is 16.6. The first-order valence-corrected chi connectivity index (χ1v) is 8.68. The molecule has 3 nitrogen and oxygen atoms in total. The Kier molecular flexibility index (Phi) is 2.90. The van der Waals surface area contributed by atoms with Crippen LogP contribution in [0.1, 0.15) is 22.3 Å². The van der Waals surface area contributed by atoms with E-state index in [4.69, 9.17) is 4.98 Å². The molecule has 0 bridgehead atoms. The normalized spacial score (nSPS) is 13.0. The number of aryl methyl sites for hydroxylation is 4. The molecule has 0 spiro atoms. The van der Waals surface area contributed by atoms with Crippen LogP contribution in [-0.2, 0) is 12.8 Å². The minimum atomic E-state index is 0.730. The zero-order chi connectivity index (χ0) is 17.1. The van der Waals surface area contributed by atoms with Crippen LogP contribution in [0.2, 0.25) is 0 Å². The number of hydrogen-bond acceptors (Lipinski definition) is 2. The Labute approximate surface area is 146 Å². The summed E-state index contributed by atoms with van der Waals surface area (Å²) in [6.07, 6.45) is 1.81. The minimum Gasteiger partial charge on any atom is -0.618 e. The van der Waals surface area contributed by atoms with Gasteiger partial charge in [-0.3, -0.25) is 0 Å². The van der Waals surface area contributed by atoms with E-state index in [1.165, 1.54) is 5.56 Å². The van der Waals surface area contributed by atoms with E-state index >= 15 is 0 Å². The molecule has 0 radical (unpaired) electrons. The maximum atomic E-state index is 13.3. The quantitative estimate of drug-likeness (QED) is 0.355. The molecule has 0 atom stereocenters. The molecule has 122 valence electrons. The number of hydrogen-bond donors (Lipinski definition) is 0. The van der Waals surface area contributed by atoms with E-state index in [1.54, 1.807) is 0 Å². The summed E-state index contributed by atoms with van der Waals surface area (Å²) in [5.41, 5.74) is 7.72. The lowest BCUT2D eigenvalue weighted by molar-refractivity contribution is -0.566. The van der Waals surface area contributed by atoms with E-state index in [-0.39, 0.29) is 0 Å². The van der Waals surface area contributed by atoms with Gasteiger partial charge < -0.3 is 5.21 Å². The molecule has 0 fully saturated rings. The highest BCUT2D eigenvalue weighted by atomic mass is 16.5. The van der Waals surface area contributed by atoms with Gasteiger partial charge in [0.05, 0.1) is 5.52 Å². The zero-order valence-electron chi connectivity index (χ0n) is 14.3. The number of fused-ring (bicyclic) bond motifs is 5. The van der Waals surface area contributed by atoms with E-state index in [1.807, 2.05) is 25.1 Å². The molecule has 2 aromatic carbocycles. The fourth-order valence-electron chi connectivity index (χ4n) is 4.07. The molecule has 0 aliphatic heterocycles. The molecule has 0 amide bonds. The third-order valence-electron chi connectivity index (χ3n) is 5.32. The summed E-state index contributed by atoms with van der Waals surface area (Å²) in [6.45, 7) is 4.06. The van der Waals surface area contributed by atoms with E-state index in [0.717, 1.165) is 67.5 Å². The monoisotopic (exact) mass is 326 g/mol. The van der Waals surface area contributed by atoms with E-state index in [0.29, 0.717) is 0 Å². The first kappa shape index (κ1) is 14.4. The summed E-state index contributed by atoms with van der Waals surface area (Å²) in [7, 11) is 0. The number of para-hydroxylation sites is 2. The standard InChI is InChI=1S/C22H18N2O/c1-13-5-3-7-15-11-16-9-10-18-12-17-8-4-6-14(2)21(17)24(25)22(18)20(16)23-19(13)15/h3-8,11-12H,9-10H2,1-2H3. The molecule has 1 aliphatic carbocycles. The zero-order valence-corrected chi connectivity index (χ0v) is 14.3. The lowest BCUT2D eigenvalue weighted by atomic mass is 9.90. The van der Waals surface area contributed by atoms with Gasteiger partial charge in [0.15, 0.2) is 0 Å². The highest BCUT2D eigenvalue weighted by molar-refractivity contribution is 5.87. The molecule has 1 aliphatic rings. The summed E-state index contributed by atoms with van der Waals surface area (Å²) in [5.74, 6) is 0. The molecule has 0 saturated carbocycles. The summed E-state index contributed by atoms with van der Waals surface area (Å²) in [4.78, 5) is 4.93. The van der Waals surface area contributed by atoms with Crippen LogP contribution in [0.3, 0.4) is 0 Å². The third-order valence-corrected chi connectivity index (χ3v) is 5.32. The number of nitrogens with zero attached hydrogens (tertiary/aromatic N) is 2. The number of pyridine rings is 2. The Hall–Kier alpha value is -2.94. The molecular weight excluding hydrogens is 308 g/mol. The highest BCUT2D eigenvalue weighted by Crippen LogP contribution is 2.34. The van der Waals surface area contributed by atoms with Crippen molar-refractivity contribution in [1.82, 2.24) is 4.98 Å². The van der Waals surface area contributed by atoms with Crippen molar-refractivity contribution >= 4 is 21.8 Å². The lowest BCUT2D eigenvalue weighted by Crippen LogP contribution is -2.34. The van der Waals surface area contributed by atoms with E-state index in [2.05, 4.69) is 37.3 Å². The van der Waals surface area contributed by atoms with Crippen molar-refractivity contribution in [3.63, 3.8) is 0 Å². The molecule has 4 aromatic rings. The SMILES string of the molecule is Cc1cccc2cc3c(nc12)-c1c(cc2cccc(C)c2[n+]1[O-])CC3. The second kappa shape index (κ2) is 5.03. The average Bonchev–Trinajstić information content (AvgIpc) is 2.60. The molecule has 0 N–H and O–H groups in total. The largest absolute Gasteiger partial charge is 0.618 e. The van der Waals surface area contributed by atoms with Crippen LogP contribution in [0.25, 0.3) is 33.2 Å². The van der Waals surface area contributed by atoms with Gasteiger partial charge in [0.1, 0.15) is 5.69 Å². The average molecular weight is 326 g/mol. The predicted octanol–water partition coefficient (Wildman–Crippen LogP) is 4.40. The number of rotatable bonds is 0. The smallest absolute Gasteiger partial charge is 0.246 e. The molecule has 3 heteroatoms. The Morgan fingerprint density at radius 1 is 0.880 bits per heavy atom. The summed E-state index contributed by atoms with van der Waals surface area (Å²) in [5, 5.41) is 15.4. The van der Waals surface area contributed by atoms with Gasteiger partial charge in [0.2, 0.25) is 11.2 Å². The van der Waals surface area contributed by atoms with Gasteiger partial charge in [-0.1, -0.05) is 30.3 Å². The van der Waals surface area contributed by atoms with Gasteiger partial charge in [0, 0.05) is 21.9 Å². The van der Waals surface area contributed by atoms with Gasteiger partial charge in [0.25, 0.3) is 0 Å². The maximum Gasteiger partial charge on any atom is 0.246 e. The first-order chi connectivity index (χ1) is 12.1. The number of benzene rings is 2. The first-order valence-electron chi connectivity index (χ1n) is 8.68. The van der Waals surface area contributed by atoms with Crippen molar-refractivity contribution in [1.29, 1.82) is 0 Å². The third kappa shape index (κ3) is 1.99. The predicted molar refractivity (Wildman–Crippen MR) is 101 cm³/mol. The molecule has 0 unspecified atom stereocenters. The number of aromatic nitrogens is 2. The molecule has 5 rings (SSSR count). The highest BCUT2D eigenvalue weighted by Gasteiger charge is 2.28. The van der Waals surface area contributed by atoms with Crippen LogP contribution in [0, 0.1) is 19.1 Å². The van der Waals surface area contributed by atoms with Crippen molar-refractivity contribution in [2.75, 3.05) is 0 Å². The molecule has 2 heterocycles. The van der Waals surface area contributed by atoms with Crippen LogP contribution < -0.4 is 4.73 Å². The van der Waals surface area contributed by atoms with Crippen LogP contribution in [-0.4, -0.2) is 4.98 Å². The van der Waals surface area contributed by atoms with E-state index in [9.17, 15) is 5.21 Å². The Bertz CT molecular complexity index is 1180. The van der Waals surface area contributed by atoms with Crippen LogP contribution in [0.5, 0.6) is 0 Å². The molecule has 0 saturated heterocycles. The summed E-state index contributed by atoms with van der Waals surface area (Å²) < 4.78 is 1.11. The van der Waals surface area contributed by atoms with Crippen molar-refractivity contribution in [3.05, 3.63) is 76.0 Å². The van der Waals surface area contributed by atoms with Gasteiger partial charge in [-0.05, 0) is 56.0 Å². The Morgan fingerprint density at radius 2 is 1.56 bits per heavy atom. The Morgan fingerprint density at radius 3 is 2.40 bits per heavy atom. The molecular formula is C22H18N2O. The second-order valence-electron chi connectivity index (χ2n) is 6.97. The maximum absolute atomic E-state index is 13.3. The van der Waals surface area contributed by atoms with Crippen LogP contribution in [0.4, 0.5) is 0 Å². The van der Waals surface area contributed by atoms with Gasteiger partial charge in [-0.2, -0.15) is 4.73 Å². The van der Waals surface area contributed by atoms with E-state index < -0.39 is 0 Å².